The van der Waals surface area contributed by atoms with Gasteiger partial charge in [0.05, 0.1) is 24.4 Å². The van der Waals surface area contributed by atoms with Crippen molar-refractivity contribution in [1.82, 2.24) is 4.57 Å². The van der Waals surface area contributed by atoms with Crippen LogP contribution in [0.4, 0.5) is 0 Å². The number of nitriles is 1. The Hall–Kier alpha value is -4.62. The number of ether oxygens (including phenoxy) is 1. The van der Waals surface area contributed by atoms with E-state index in [1.165, 1.54) is 0 Å². The molecule has 33 heavy (non-hydrogen) atoms. The van der Waals surface area contributed by atoms with Crippen LogP contribution in [-0.4, -0.2) is 11.7 Å². The molecule has 0 saturated carbocycles. The van der Waals surface area contributed by atoms with Gasteiger partial charge in [0, 0.05) is 16.6 Å². The van der Waals surface area contributed by atoms with Gasteiger partial charge >= 0.3 is 0 Å². The van der Waals surface area contributed by atoms with Crippen LogP contribution in [0.25, 0.3) is 38.8 Å². The Balaban J connectivity index is 2.01. The van der Waals surface area contributed by atoms with E-state index in [2.05, 4.69) is 6.07 Å². The molecule has 0 saturated heterocycles. The summed E-state index contributed by atoms with van der Waals surface area (Å²) < 4.78 is 7.08. The van der Waals surface area contributed by atoms with Crippen LogP contribution in [-0.2, 0) is 0 Å². The molecule has 0 radical (unpaired) electrons. The highest BCUT2D eigenvalue weighted by Gasteiger charge is 2.21. The van der Waals surface area contributed by atoms with E-state index in [1.54, 1.807) is 23.8 Å². The quantitative estimate of drug-likeness (QED) is 0.342. The number of aromatic nitrogens is 1. The highest BCUT2D eigenvalue weighted by molar-refractivity contribution is 6.03. The second-order valence-electron chi connectivity index (χ2n) is 7.67. The van der Waals surface area contributed by atoms with Crippen molar-refractivity contribution >= 4 is 10.8 Å². The first-order valence-electron chi connectivity index (χ1n) is 10.6. The van der Waals surface area contributed by atoms with E-state index in [1.807, 2.05) is 91.0 Å². The minimum Gasteiger partial charge on any atom is -0.497 e. The summed E-state index contributed by atoms with van der Waals surface area (Å²) in [4.78, 5) is 13.9. The van der Waals surface area contributed by atoms with Crippen LogP contribution in [0.5, 0.6) is 5.75 Å². The Labute approximate surface area is 191 Å². The molecule has 0 N–H and O–H groups in total. The van der Waals surface area contributed by atoms with Gasteiger partial charge in [-0.1, -0.05) is 60.7 Å². The summed E-state index contributed by atoms with van der Waals surface area (Å²) in [5.41, 5.74) is 4.68. The van der Waals surface area contributed by atoms with Crippen LogP contribution in [0, 0.1) is 11.3 Å². The van der Waals surface area contributed by atoms with Crippen LogP contribution in [0.15, 0.2) is 108 Å². The predicted octanol–water partition coefficient (Wildman–Crippen LogP) is 6.20. The summed E-state index contributed by atoms with van der Waals surface area (Å²) in [5.74, 6) is 0.718. The molecular weight excluding hydrogens is 408 g/mol. The van der Waals surface area contributed by atoms with Crippen LogP contribution in [0.2, 0.25) is 0 Å². The smallest absolute Gasteiger partial charge is 0.263 e. The summed E-state index contributed by atoms with van der Waals surface area (Å²) in [5, 5.41) is 10.9. The largest absolute Gasteiger partial charge is 0.497 e. The zero-order chi connectivity index (χ0) is 22.8. The van der Waals surface area contributed by atoms with Crippen molar-refractivity contribution in [2.24, 2.45) is 0 Å². The number of pyridine rings is 1. The number of fused-ring (bicyclic) bond motifs is 1. The third-order valence-corrected chi connectivity index (χ3v) is 5.75. The molecule has 0 aliphatic rings. The molecule has 0 bridgehead atoms. The summed E-state index contributed by atoms with van der Waals surface area (Å²) in [6.45, 7) is 0. The maximum absolute atomic E-state index is 13.9. The van der Waals surface area contributed by atoms with Crippen molar-refractivity contribution in [3.05, 3.63) is 119 Å². The number of hydrogen-bond acceptors (Lipinski definition) is 3. The Morgan fingerprint density at radius 1 is 0.758 bits per heavy atom. The minimum absolute atomic E-state index is 0.141. The standard InChI is InChI=1S/C29H20N2O2/c1-33-24-15-13-23(14-16-24)31-28(22-10-6-3-7-11-22)27(21-8-4-2-5-9-21)26-18-20(19-30)12-17-25(26)29(31)32/h2-18H,1H3. The normalized spacial score (nSPS) is 10.7. The van der Waals surface area contributed by atoms with E-state index >= 15 is 0 Å². The van der Waals surface area contributed by atoms with E-state index in [-0.39, 0.29) is 5.56 Å². The number of hydrogen-bond donors (Lipinski definition) is 0. The summed E-state index contributed by atoms with van der Waals surface area (Å²) in [6, 6.07) is 34.8. The fourth-order valence-electron chi connectivity index (χ4n) is 4.21. The average Bonchev–Trinajstić information content (AvgIpc) is 2.89. The van der Waals surface area contributed by atoms with Gasteiger partial charge in [-0.2, -0.15) is 5.26 Å². The Morgan fingerprint density at radius 3 is 2.00 bits per heavy atom. The lowest BCUT2D eigenvalue weighted by Crippen LogP contribution is -2.21. The molecule has 0 aliphatic carbocycles. The van der Waals surface area contributed by atoms with Gasteiger partial charge in [-0.05, 0) is 59.0 Å². The summed E-state index contributed by atoms with van der Waals surface area (Å²) >= 11 is 0. The highest BCUT2D eigenvalue weighted by atomic mass is 16.5. The van der Waals surface area contributed by atoms with Crippen molar-refractivity contribution < 1.29 is 4.74 Å². The van der Waals surface area contributed by atoms with Crippen molar-refractivity contribution in [2.75, 3.05) is 7.11 Å². The molecule has 0 amide bonds. The topological polar surface area (TPSA) is 55.0 Å². The van der Waals surface area contributed by atoms with Crippen molar-refractivity contribution in [3.63, 3.8) is 0 Å². The molecule has 5 aromatic rings. The molecule has 158 valence electrons. The first-order valence-corrected chi connectivity index (χ1v) is 10.6. The van der Waals surface area contributed by atoms with Crippen molar-refractivity contribution in [3.8, 4) is 39.9 Å². The maximum Gasteiger partial charge on any atom is 0.263 e. The monoisotopic (exact) mass is 428 g/mol. The number of rotatable bonds is 4. The first-order chi connectivity index (χ1) is 16.2. The van der Waals surface area contributed by atoms with Gasteiger partial charge < -0.3 is 4.74 Å². The van der Waals surface area contributed by atoms with E-state index in [0.717, 1.165) is 39.2 Å². The molecule has 0 spiro atoms. The SMILES string of the molecule is COc1ccc(-n2c(-c3ccccc3)c(-c3ccccc3)c3cc(C#N)ccc3c2=O)cc1. The summed E-state index contributed by atoms with van der Waals surface area (Å²) in [7, 11) is 1.62. The summed E-state index contributed by atoms with van der Waals surface area (Å²) in [6.07, 6.45) is 0. The maximum atomic E-state index is 13.9. The second kappa shape index (κ2) is 8.49. The van der Waals surface area contributed by atoms with Crippen LogP contribution in [0.1, 0.15) is 5.56 Å². The Morgan fingerprint density at radius 2 is 1.39 bits per heavy atom. The number of benzene rings is 4. The fraction of sp³-hybridized carbons (Fsp3) is 0.0345. The zero-order valence-electron chi connectivity index (χ0n) is 18.0. The molecule has 1 heterocycles. The van der Waals surface area contributed by atoms with Gasteiger partial charge in [0.15, 0.2) is 0 Å². The highest BCUT2D eigenvalue weighted by Crippen LogP contribution is 2.38. The average molecular weight is 428 g/mol. The molecule has 0 aliphatic heterocycles. The number of nitrogens with zero attached hydrogens (tertiary/aromatic N) is 2. The van der Waals surface area contributed by atoms with Gasteiger partial charge in [0.2, 0.25) is 0 Å². The van der Waals surface area contributed by atoms with Gasteiger partial charge in [-0.25, -0.2) is 0 Å². The second-order valence-corrected chi connectivity index (χ2v) is 7.67. The predicted molar refractivity (Wildman–Crippen MR) is 132 cm³/mol. The van der Waals surface area contributed by atoms with Crippen molar-refractivity contribution in [2.45, 2.75) is 0 Å². The minimum atomic E-state index is -0.141. The molecule has 0 atom stereocenters. The van der Waals surface area contributed by atoms with Crippen LogP contribution >= 0.6 is 0 Å². The lowest BCUT2D eigenvalue weighted by Gasteiger charge is -2.21. The van der Waals surface area contributed by atoms with Gasteiger partial charge in [-0.3, -0.25) is 9.36 Å². The molecule has 4 nitrogen and oxygen atoms in total. The van der Waals surface area contributed by atoms with Crippen LogP contribution in [0.3, 0.4) is 0 Å². The zero-order valence-corrected chi connectivity index (χ0v) is 18.0. The van der Waals surface area contributed by atoms with Crippen LogP contribution < -0.4 is 10.3 Å². The molecular formula is C29H20N2O2. The lowest BCUT2D eigenvalue weighted by atomic mass is 9.92. The van der Waals surface area contributed by atoms with Gasteiger partial charge in [-0.15, -0.1) is 0 Å². The van der Waals surface area contributed by atoms with E-state index < -0.39 is 0 Å². The Bertz CT molecular complexity index is 1550. The Kier molecular flexibility index (Phi) is 5.22. The molecule has 0 fully saturated rings. The number of methoxy groups -OCH3 is 1. The van der Waals surface area contributed by atoms with Crippen molar-refractivity contribution in [1.29, 1.82) is 5.26 Å². The molecule has 1 aromatic heterocycles. The van der Waals surface area contributed by atoms with E-state index in [0.29, 0.717) is 10.9 Å². The molecule has 4 aromatic carbocycles. The van der Waals surface area contributed by atoms with Gasteiger partial charge in [0.25, 0.3) is 5.56 Å². The molecule has 0 unspecified atom stereocenters. The van der Waals surface area contributed by atoms with Gasteiger partial charge in [0.1, 0.15) is 5.75 Å². The molecule has 5 rings (SSSR count). The third kappa shape index (κ3) is 3.56. The molecule has 4 heteroatoms. The lowest BCUT2D eigenvalue weighted by molar-refractivity contribution is 0.414. The third-order valence-electron chi connectivity index (χ3n) is 5.75. The fourth-order valence-corrected chi connectivity index (χ4v) is 4.21. The van der Waals surface area contributed by atoms with E-state index in [9.17, 15) is 10.1 Å². The van der Waals surface area contributed by atoms with E-state index in [4.69, 9.17) is 4.74 Å². The first kappa shape index (κ1) is 20.3.